The van der Waals surface area contributed by atoms with Crippen molar-refractivity contribution in [2.75, 3.05) is 40.3 Å². The van der Waals surface area contributed by atoms with E-state index in [4.69, 9.17) is 9.15 Å². The summed E-state index contributed by atoms with van der Waals surface area (Å²) in [7, 11) is 4.05. The molecule has 1 aliphatic heterocycles. The predicted molar refractivity (Wildman–Crippen MR) is 123 cm³/mol. The highest BCUT2D eigenvalue weighted by Crippen LogP contribution is 2.22. The zero-order valence-corrected chi connectivity index (χ0v) is 19.9. The van der Waals surface area contributed by atoms with Crippen LogP contribution in [0.25, 0.3) is 0 Å². The molecule has 180 valence electrons. The summed E-state index contributed by atoms with van der Waals surface area (Å²) in [6, 6.07) is 9.05. The fraction of sp³-hybridized carbons (Fsp3) is 0.520. The van der Waals surface area contributed by atoms with E-state index in [0.29, 0.717) is 44.0 Å². The molecule has 0 aliphatic carbocycles. The molecule has 0 spiro atoms. The largest absolute Gasteiger partial charge is 0.486 e. The quantitative estimate of drug-likeness (QED) is 0.621. The first-order valence-electron chi connectivity index (χ1n) is 11.3. The Bertz CT molecular complexity index is 931. The fourth-order valence-electron chi connectivity index (χ4n) is 4.14. The number of furan rings is 1. The average molecular weight is 460 g/mol. The minimum Gasteiger partial charge on any atom is -0.486 e. The highest BCUT2D eigenvalue weighted by molar-refractivity contribution is 5.91. The number of rotatable bonds is 9. The van der Waals surface area contributed by atoms with E-state index in [2.05, 4.69) is 24.1 Å². The Balaban J connectivity index is 1.44. The van der Waals surface area contributed by atoms with E-state index in [1.165, 1.54) is 24.3 Å². The van der Waals surface area contributed by atoms with Gasteiger partial charge in [-0.05, 0) is 68.8 Å². The van der Waals surface area contributed by atoms with Crippen molar-refractivity contribution in [1.82, 2.24) is 15.1 Å². The van der Waals surface area contributed by atoms with Gasteiger partial charge in [-0.1, -0.05) is 13.8 Å². The van der Waals surface area contributed by atoms with Gasteiger partial charge >= 0.3 is 0 Å². The Morgan fingerprint density at radius 2 is 1.82 bits per heavy atom. The number of amides is 2. The Kier molecular flexibility index (Phi) is 8.13. The summed E-state index contributed by atoms with van der Waals surface area (Å²) in [5.41, 5.74) is -0.00671. The maximum absolute atomic E-state index is 13.0. The molecule has 2 amide bonds. The van der Waals surface area contributed by atoms with E-state index in [1.54, 1.807) is 17.0 Å². The van der Waals surface area contributed by atoms with Crippen molar-refractivity contribution in [3.63, 3.8) is 0 Å². The maximum atomic E-state index is 13.0. The van der Waals surface area contributed by atoms with Crippen molar-refractivity contribution in [3.8, 4) is 5.75 Å². The number of carbonyl (C=O) groups is 2. The van der Waals surface area contributed by atoms with Crippen LogP contribution in [0.2, 0.25) is 0 Å². The summed E-state index contributed by atoms with van der Waals surface area (Å²) >= 11 is 0. The predicted octanol–water partition coefficient (Wildman–Crippen LogP) is 3.55. The van der Waals surface area contributed by atoms with Crippen LogP contribution in [0.3, 0.4) is 0 Å². The molecule has 0 bridgehead atoms. The summed E-state index contributed by atoms with van der Waals surface area (Å²) < 4.78 is 24.2. The van der Waals surface area contributed by atoms with E-state index in [-0.39, 0.29) is 41.3 Å². The van der Waals surface area contributed by atoms with Crippen LogP contribution in [0.5, 0.6) is 5.75 Å². The minimum absolute atomic E-state index is 0.00671. The molecule has 8 heteroatoms. The SMILES string of the molecule is CN(C)CC(C)(C)CNC(=O)C1CCN(C(=O)c2ccc(COc3ccc(F)cc3)o2)CC1. The molecule has 1 fully saturated rings. The number of likely N-dealkylation sites (tertiary alicyclic amines) is 1. The first-order valence-corrected chi connectivity index (χ1v) is 11.3. The molecule has 0 radical (unpaired) electrons. The number of halogens is 1. The molecule has 1 saturated heterocycles. The number of hydrogen-bond acceptors (Lipinski definition) is 5. The highest BCUT2D eigenvalue weighted by atomic mass is 19.1. The molecule has 3 rings (SSSR count). The first kappa shape index (κ1) is 24.8. The second kappa shape index (κ2) is 10.8. The van der Waals surface area contributed by atoms with Crippen LogP contribution in [0, 0.1) is 17.2 Å². The third-order valence-corrected chi connectivity index (χ3v) is 5.71. The molecule has 2 heterocycles. The Morgan fingerprint density at radius 3 is 2.45 bits per heavy atom. The van der Waals surface area contributed by atoms with Gasteiger partial charge in [0.1, 0.15) is 23.9 Å². The molecule has 1 N–H and O–H groups in total. The van der Waals surface area contributed by atoms with Gasteiger partial charge in [0.05, 0.1) is 0 Å². The van der Waals surface area contributed by atoms with Gasteiger partial charge in [-0.25, -0.2) is 4.39 Å². The number of nitrogens with one attached hydrogen (secondary N) is 1. The number of ether oxygens (including phenoxy) is 1. The van der Waals surface area contributed by atoms with Crippen molar-refractivity contribution in [1.29, 1.82) is 0 Å². The van der Waals surface area contributed by atoms with Crippen molar-refractivity contribution < 1.29 is 23.1 Å². The zero-order chi connectivity index (χ0) is 24.0. The molecule has 1 aromatic carbocycles. The van der Waals surface area contributed by atoms with Crippen LogP contribution >= 0.6 is 0 Å². The van der Waals surface area contributed by atoms with Crippen LogP contribution in [0.1, 0.15) is 43.0 Å². The zero-order valence-electron chi connectivity index (χ0n) is 19.9. The van der Waals surface area contributed by atoms with Crippen LogP contribution in [0.15, 0.2) is 40.8 Å². The Labute approximate surface area is 194 Å². The van der Waals surface area contributed by atoms with Gasteiger partial charge in [-0.15, -0.1) is 0 Å². The van der Waals surface area contributed by atoms with Crippen molar-refractivity contribution >= 4 is 11.8 Å². The summed E-state index contributed by atoms with van der Waals surface area (Å²) in [6.07, 6.45) is 1.26. The molecular formula is C25H34FN3O4. The number of nitrogens with zero attached hydrogens (tertiary/aromatic N) is 2. The molecule has 7 nitrogen and oxygen atoms in total. The molecule has 1 aromatic heterocycles. The topological polar surface area (TPSA) is 75.0 Å². The molecule has 1 aliphatic rings. The standard InChI is InChI=1S/C25H34FN3O4/c1-25(2,17-28(3)4)16-27-23(30)18-11-13-29(14-12-18)24(31)22-10-9-21(33-22)15-32-20-7-5-19(26)6-8-20/h5-10,18H,11-17H2,1-4H3,(H,27,30). The lowest BCUT2D eigenvalue weighted by Crippen LogP contribution is -2.46. The summed E-state index contributed by atoms with van der Waals surface area (Å²) in [4.78, 5) is 29.3. The summed E-state index contributed by atoms with van der Waals surface area (Å²) in [5, 5.41) is 3.09. The van der Waals surface area contributed by atoms with Crippen LogP contribution in [0.4, 0.5) is 4.39 Å². The summed E-state index contributed by atoms with van der Waals surface area (Å²) in [5.74, 6) is 0.744. The number of carbonyl (C=O) groups excluding carboxylic acids is 2. The van der Waals surface area contributed by atoms with Crippen LogP contribution < -0.4 is 10.1 Å². The lowest BCUT2D eigenvalue weighted by molar-refractivity contribution is -0.126. The monoisotopic (exact) mass is 459 g/mol. The van der Waals surface area contributed by atoms with E-state index >= 15 is 0 Å². The van der Waals surface area contributed by atoms with E-state index in [9.17, 15) is 14.0 Å². The normalized spacial score (nSPS) is 15.0. The second-order valence-electron chi connectivity index (χ2n) is 9.69. The third-order valence-electron chi connectivity index (χ3n) is 5.71. The number of hydrogen-bond donors (Lipinski definition) is 1. The van der Waals surface area contributed by atoms with E-state index in [0.717, 1.165) is 6.54 Å². The fourth-order valence-corrected chi connectivity index (χ4v) is 4.14. The average Bonchev–Trinajstić information content (AvgIpc) is 3.25. The van der Waals surface area contributed by atoms with Gasteiger partial charge in [0.2, 0.25) is 5.91 Å². The molecular weight excluding hydrogens is 425 g/mol. The first-order chi connectivity index (χ1) is 15.6. The maximum Gasteiger partial charge on any atom is 0.289 e. The van der Waals surface area contributed by atoms with E-state index < -0.39 is 0 Å². The smallest absolute Gasteiger partial charge is 0.289 e. The molecule has 2 aromatic rings. The molecule has 33 heavy (non-hydrogen) atoms. The lowest BCUT2D eigenvalue weighted by atomic mass is 9.91. The van der Waals surface area contributed by atoms with Crippen molar-refractivity contribution in [2.45, 2.75) is 33.3 Å². The number of piperidine rings is 1. The molecule has 0 atom stereocenters. The minimum atomic E-state index is -0.331. The van der Waals surface area contributed by atoms with Crippen LogP contribution in [-0.2, 0) is 11.4 Å². The Morgan fingerprint density at radius 1 is 1.15 bits per heavy atom. The van der Waals surface area contributed by atoms with Gasteiger partial charge in [-0.2, -0.15) is 0 Å². The summed E-state index contributed by atoms with van der Waals surface area (Å²) in [6.45, 7) is 6.96. The van der Waals surface area contributed by atoms with Crippen LogP contribution in [-0.4, -0.2) is 61.9 Å². The van der Waals surface area contributed by atoms with E-state index in [1.807, 2.05) is 14.1 Å². The lowest BCUT2D eigenvalue weighted by Gasteiger charge is -2.32. The van der Waals surface area contributed by atoms with Gasteiger partial charge in [0.15, 0.2) is 5.76 Å². The van der Waals surface area contributed by atoms with Crippen molar-refractivity contribution in [3.05, 3.63) is 53.7 Å². The molecule has 0 unspecified atom stereocenters. The van der Waals surface area contributed by atoms with Gasteiger partial charge < -0.3 is 24.3 Å². The number of benzene rings is 1. The van der Waals surface area contributed by atoms with Crippen molar-refractivity contribution in [2.24, 2.45) is 11.3 Å². The molecule has 0 saturated carbocycles. The van der Waals surface area contributed by atoms with Gasteiger partial charge in [-0.3, -0.25) is 9.59 Å². The van der Waals surface area contributed by atoms with Gasteiger partial charge in [0.25, 0.3) is 5.91 Å². The Hall–Kier alpha value is -2.87. The third kappa shape index (κ3) is 7.32. The van der Waals surface area contributed by atoms with Gasteiger partial charge in [0, 0.05) is 32.1 Å². The second-order valence-corrected chi connectivity index (χ2v) is 9.69. The highest BCUT2D eigenvalue weighted by Gasteiger charge is 2.30.